The molecule has 0 aliphatic heterocycles. The molecule has 1 aliphatic rings. The Morgan fingerprint density at radius 2 is 1.96 bits per heavy atom. The molecule has 4 heterocycles. The zero-order chi connectivity index (χ0) is 18.8. The second-order valence-corrected chi connectivity index (χ2v) is 6.59. The molecule has 0 saturated heterocycles. The highest BCUT2D eigenvalue weighted by molar-refractivity contribution is 5.60. The maximum absolute atomic E-state index is 4.76. The van der Waals surface area contributed by atoms with Gasteiger partial charge < -0.3 is 5.32 Å². The fraction of sp³-hybridized carbons (Fsp3) is 0.200. The first-order valence-electron chi connectivity index (χ1n) is 9.23. The van der Waals surface area contributed by atoms with Crippen LogP contribution in [0, 0.1) is 0 Å². The lowest BCUT2D eigenvalue weighted by molar-refractivity contribution is 0.899. The topological polar surface area (TPSA) is 105 Å². The van der Waals surface area contributed by atoms with Gasteiger partial charge in [0.1, 0.15) is 17.3 Å². The van der Waals surface area contributed by atoms with E-state index in [0.717, 1.165) is 47.9 Å². The zero-order valence-corrected chi connectivity index (χ0v) is 15.1. The van der Waals surface area contributed by atoms with Gasteiger partial charge in [0.2, 0.25) is 0 Å². The largest absolute Gasteiger partial charge is 0.362 e. The number of rotatable bonds is 5. The molecule has 0 aromatic carbocycles. The van der Waals surface area contributed by atoms with Gasteiger partial charge in [-0.25, -0.2) is 15.0 Å². The van der Waals surface area contributed by atoms with Crippen LogP contribution >= 0.6 is 0 Å². The van der Waals surface area contributed by atoms with Crippen LogP contribution in [0.15, 0.2) is 48.9 Å². The van der Waals surface area contributed by atoms with Crippen LogP contribution < -0.4 is 5.32 Å². The smallest absolute Gasteiger partial charge is 0.199 e. The van der Waals surface area contributed by atoms with Gasteiger partial charge in [0.05, 0.1) is 6.54 Å². The molecule has 0 bridgehead atoms. The van der Waals surface area contributed by atoms with Gasteiger partial charge in [-0.05, 0) is 43.5 Å². The van der Waals surface area contributed by atoms with E-state index < -0.39 is 0 Å². The summed E-state index contributed by atoms with van der Waals surface area (Å²) in [6.45, 7) is 0.496. The van der Waals surface area contributed by atoms with Crippen LogP contribution in [0.4, 0.5) is 5.82 Å². The lowest BCUT2D eigenvalue weighted by atomic mass is 10.2. The lowest BCUT2D eigenvalue weighted by Crippen LogP contribution is -2.08. The highest BCUT2D eigenvalue weighted by Crippen LogP contribution is 2.29. The third-order valence-electron chi connectivity index (χ3n) is 4.70. The first kappa shape index (κ1) is 16.5. The van der Waals surface area contributed by atoms with Crippen LogP contribution in [0.3, 0.4) is 0 Å². The van der Waals surface area contributed by atoms with Gasteiger partial charge >= 0.3 is 0 Å². The molecule has 1 aliphatic carbocycles. The van der Waals surface area contributed by atoms with Gasteiger partial charge in [-0.2, -0.15) is 5.10 Å². The normalized spacial score (nSPS) is 12.7. The molecule has 0 spiro atoms. The average Bonchev–Trinajstić information content (AvgIpc) is 3.43. The molecule has 0 amide bonds. The predicted molar refractivity (Wildman–Crippen MR) is 104 cm³/mol. The highest BCUT2D eigenvalue weighted by Gasteiger charge is 2.20. The van der Waals surface area contributed by atoms with E-state index in [1.807, 2.05) is 30.3 Å². The van der Waals surface area contributed by atoms with E-state index >= 15 is 0 Å². The SMILES string of the molecule is c1ccc(-c2n[nH]c(CNc3nc(-c4cccnc4)nc4c3CCC4)n2)nc1. The molecular weight excluding hydrogens is 352 g/mol. The Morgan fingerprint density at radius 1 is 0.964 bits per heavy atom. The van der Waals surface area contributed by atoms with E-state index in [2.05, 4.69) is 30.5 Å². The Hall–Kier alpha value is -3.68. The van der Waals surface area contributed by atoms with Crippen LogP contribution in [0.2, 0.25) is 0 Å². The van der Waals surface area contributed by atoms with E-state index in [9.17, 15) is 0 Å². The van der Waals surface area contributed by atoms with Crippen LogP contribution in [-0.2, 0) is 19.4 Å². The number of hydrogen-bond acceptors (Lipinski definition) is 7. The summed E-state index contributed by atoms with van der Waals surface area (Å²) in [5.41, 5.74) is 3.96. The van der Waals surface area contributed by atoms with Crippen LogP contribution in [0.25, 0.3) is 22.9 Å². The maximum atomic E-state index is 4.76. The number of aryl methyl sites for hydroxylation is 1. The minimum Gasteiger partial charge on any atom is -0.362 e. The fourth-order valence-electron chi connectivity index (χ4n) is 3.35. The Bertz CT molecular complexity index is 1090. The van der Waals surface area contributed by atoms with Crippen molar-refractivity contribution in [1.82, 2.24) is 35.1 Å². The minimum absolute atomic E-state index is 0.496. The van der Waals surface area contributed by atoms with Crippen molar-refractivity contribution in [2.45, 2.75) is 25.8 Å². The summed E-state index contributed by atoms with van der Waals surface area (Å²) in [7, 11) is 0. The molecule has 4 aromatic heterocycles. The number of anilines is 1. The van der Waals surface area contributed by atoms with E-state index in [-0.39, 0.29) is 0 Å². The van der Waals surface area contributed by atoms with Gasteiger partial charge in [-0.15, -0.1) is 0 Å². The lowest BCUT2D eigenvalue weighted by Gasteiger charge is -2.11. The second-order valence-electron chi connectivity index (χ2n) is 6.59. The summed E-state index contributed by atoms with van der Waals surface area (Å²) in [4.78, 5) is 22.5. The molecule has 5 rings (SSSR count). The molecular formula is C20H18N8. The second kappa shape index (κ2) is 7.15. The molecule has 8 nitrogen and oxygen atoms in total. The monoisotopic (exact) mass is 370 g/mol. The van der Waals surface area contributed by atoms with Crippen LogP contribution in [-0.4, -0.2) is 35.1 Å². The molecule has 138 valence electrons. The molecule has 0 saturated carbocycles. The Morgan fingerprint density at radius 3 is 2.82 bits per heavy atom. The number of hydrogen-bond donors (Lipinski definition) is 2. The fourth-order valence-corrected chi connectivity index (χ4v) is 3.35. The van der Waals surface area contributed by atoms with Crippen molar-refractivity contribution in [3.8, 4) is 22.9 Å². The van der Waals surface area contributed by atoms with Crippen LogP contribution in [0.5, 0.6) is 0 Å². The molecule has 8 heteroatoms. The number of nitrogens with one attached hydrogen (secondary N) is 2. The summed E-state index contributed by atoms with van der Waals surface area (Å²) in [5.74, 6) is 2.87. The number of aromatic amines is 1. The minimum atomic E-state index is 0.496. The number of aromatic nitrogens is 7. The summed E-state index contributed by atoms with van der Waals surface area (Å²) in [6.07, 6.45) is 8.33. The van der Waals surface area contributed by atoms with Crippen molar-refractivity contribution in [3.05, 3.63) is 66.0 Å². The Kier molecular flexibility index (Phi) is 4.21. The van der Waals surface area contributed by atoms with Gasteiger partial charge in [0.25, 0.3) is 0 Å². The van der Waals surface area contributed by atoms with Gasteiger partial charge in [0.15, 0.2) is 11.6 Å². The van der Waals surface area contributed by atoms with E-state index in [0.29, 0.717) is 18.2 Å². The quantitative estimate of drug-likeness (QED) is 0.556. The zero-order valence-electron chi connectivity index (χ0n) is 15.1. The van der Waals surface area contributed by atoms with Crippen molar-refractivity contribution in [2.24, 2.45) is 0 Å². The van der Waals surface area contributed by atoms with Gasteiger partial charge in [0, 0.05) is 35.4 Å². The van der Waals surface area contributed by atoms with E-state index in [1.54, 1.807) is 18.6 Å². The summed E-state index contributed by atoms with van der Waals surface area (Å²) in [5, 5.41) is 10.6. The van der Waals surface area contributed by atoms with Crippen LogP contribution in [0.1, 0.15) is 23.5 Å². The molecule has 2 N–H and O–H groups in total. The number of nitrogens with zero attached hydrogens (tertiary/aromatic N) is 6. The third kappa shape index (κ3) is 3.20. The van der Waals surface area contributed by atoms with Crippen molar-refractivity contribution < 1.29 is 0 Å². The summed E-state index contributed by atoms with van der Waals surface area (Å²) in [6, 6.07) is 9.54. The molecule has 0 radical (unpaired) electrons. The summed E-state index contributed by atoms with van der Waals surface area (Å²) < 4.78 is 0. The first-order valence-corrected chi connectivity index (χ1v) is 9.23. The Labute approximate surface area is 161 Å². The molecule has 0 fully saturated rings. The molecule has 0 atom stereocenters. The number of pyridine rings is 2. The predicted octanol–water partition coefficient (Wildman–Crippen LogP) is 2.82. The van der Waals surface area contributed by atoms with E-state index in [4.69, 9.17) is 9.97 Å². The standard InChI is InChI=1S/C20H18N8/c1-2-10-22-16(7-1)20-25-17(27-28-20)12-23-19-14-6-3-8-15(14)24-18(26-19)13-5-4-9-21-11-13/h1-2,4-5,7,9-11H,3,6,8,12H2,(H,23,24,26)(H,25,27,28). The Balaban J connectivity index is 1.40. The molecule has 28 heavy (non-hydrogen) atoms. The van der Waals surface area contributed by atoms with Crippen molar-refractivity contribution >= 4 is 5.82 Å². The number of H-pyrrole nitrogens is 1. The number of fused-ring (bicyclic) bond motifs is 1. The van der Waals surface area contributed by atoms with Crippen molar-refractivity contribution in [3.63, 3.8) is 0 Å². The van der Waals surface area contributed by atoms with E-state index in [1.165, 1.54) is 5.56 Å². The maximum Gasteiger partial charge on any atom is 0.199 e. The molecule has 0 unspecified atom stereocenters. The van der Waals surface area contributed by atoms with Crippen molar-refractivity contribution in [2.75, 3.05) is 5.32 Å². The molecule has 4 aromatic rings. The highest BCUT2D eigenvalue weighted by atomic mass is 15.2. The van der Waals surface area contributed by atoms with Gasteiger partial charge in [-0.3, -0.25) is 15.1 Å². The third-order valence-corrected chi connectivity index (χ3v) is 4.70. The van der Waals surface area contributed by atoms with Crippen molar-refractivity contribution in [1.29, 1.82) is 0 Å². The van der Waals surface area contributed by atoms with Gasteiger partial charge in [-0.1, -0.05) is 6.07 Å². The summed E-state index contributed by atoms with van der Waals surface area (Å²) >= 11 is 0. The average molecular weight is 370 g/mol. The first-order chi connectivity index (χ1) is 13.9.